The Bertz CT molecular complexity index is 820. The van der Waals surface area contributed by atoms with Gasteiger partial charge in [-0.25, -0.2) is 4.98 Å². The third-order valence-electron chi connectivity index (χ3n) is 4.21. The molecule has 0 spiro atoms. The normalized spacial score (nSPS) is 18.0. The summed E-state index contributed by atoms with van der Waals surface area (Å²) in [6, 6.07) is 7.93. The van der Waals surface area contributed by atoms with Gasteiger partial charge in [-0.1, -0.05) is 0 Å². The van der Waals surface area contributed by atoms with Gasteiger partial charge in [0.05, 0.1) is 23.4 Å². The third kappa shape index (κ3) is 1.96. The topological polar surface area (TPSA) is 49.0 Å². The van der Waals surface area contributed by atoms with Gasteiger partial charge in [-0.15, -0.1) is 11.3 Å². The van der Waals surface area contributed by atoms with Crippen molar-refractivity contribution in [1.29, 1.82) is 0 Å². The van der Waals surface area contributed by atoms with Crippen LogP contribution in [0, 0.1) is 0 Å². The summed E-state index contributed by atoms with van der Waals surface area (Å²) < 4.78 is 0. The fourth-order valence-corrected chi connectivity index (χ4v) is 3.98. The number of carbonyl (C=O) groups excluding carboxylic acids is 1. The molecule has 4 rings (SSSR count). The number of imidazole rings is 1. The van der Waals surface area contributed by atoms with Gasteiger partial charge < -0.3 is 9.88 Å². The van der Waals surface area contributed by atoms with Crippen molar-refractivity contribution in [3.05, 3.63) is 52.0 Å². The molecule has 1 N–H and O–H groups in total. The van der Waals surface area contributed by atoms with Gasteiger partial charge in [0.15, 0.2) is 0 Å². The predicted octanol–water partition coefficient (Wildman–Crippen LogP) is 3.38. The van der Waals surface area contributed by atoms with Crippen LogP contribution in [-0.4, -0.2) is 27.3 Å². The van der Waals surface area contributed by atoms with E-state index in [4.69, 9.17) is 0 Å². The van der Waals surface area contributed by atoms with E-state index in [1.54, 1.807) is 17.7 Å². The second-order valence-electron chi connectivity index (χ2n) is 5.36. The van der Waals surface area contributed by atoms with E-state index in [0.29, 0.717) is 0 Å². The third-order valence-corrected chi connectivity index (χ3v) is 5.20. The van der Waals surface area contributed by atoms with E-state index >= 15 is 0 Å². The molecule has 4 nitrogen and oxygen atoms in total. The Morgan fingerprint density at radius 3 is 3.24 bits per heavy atom. The number of amides is 1. The molecule has 2 aromatic heterocycles. The maximum Gasteiger partial charge on any atom is 0.254 e. The van der Waals surface area contributed by atoms with Gasteiger partial charge in [0.25, 0.3) is 5.91 Å². The Labute approximate surface area is 126 Å². The predicted molar refractivity (Wildman–Crippen MR) is 83.6 cm³/mol. The van der Waals surface area contributed by atoms with Crippen LogP contribution >= 0.6 is 11.3 Å². The number of thiophene rings is 1. The number of benzene rings is 1. The van der Waals surface area contributed by atoms with Crippen molar-refractivity contribution in [2.24, 2.45) is 0 Å². The maximum absolute atomic E-state index is 12.8. The van der Waals surface area contributed by atoms with Crippen LogP contribution in [0.15, 0.2) is 36.0 Å². The van der Waals surface area contributed by atoms with Crippen LogP contribution in [0.25, 0.3) is 11.0 Å². The summed E-state index contributed by atoms with van der Waals surface area (Å²) in [5.41, 5.74) is 3.81. The molecule has 1 unspecified atom stereocenters. The Morgan fingerprint density at radius 1 is 1.43 bits per heavy atom. The number of fused-ring (bicyclic) bond motifs is 2. The highest BCUT2D eigenvalue weighted by Crippen LogP contribution is 2.33. The number of rotatable bonds is 1. The molecular weight excluding hydrogens is 282 g/mol. The highest BCUT2D eigenvalue weighted by atomic mass is 32.1. The SMILES string of the molecule is CC1c2ccsc2CCN1C(=O)c1ccc2nc[nH]c2c1. The average Bonchev–Trinajstić information content (AvgIpc) is 3.15. The van der Waals surface area contributed by atoms with Crippen LogP contribution in [0.3, 0.4) is 0 Å². The fourth-order valence-electron chi connectivity index (χ4n) is 3.02. The molecule has 1 amide bonds. The second kappa shape index (κ2) is 4.70. The van der Waals surface area contributed by atoms with Crippen molar-refractivity contribution in [1.82, 2.24) is 14.9 Å². The van der Waals surface area contributed by atoms with Crippen molar-refractivity contribution in [3.8, 4) is 0 Å². The zero-order chi connectivity index (χ0) is 14.4. The van der Waals surface area contributed by atoms with Gasteiger partial charge in [-0.05, 0) is 48.6 Å². The quantitative estimate of drug-likeness (QED) is 0.748. The van der Waals surface area contributed by atoms with E-state index in [1.807, 2.05) is 23.1 Å². The van der Waals surface area contributed by atoms with E-state index in [1.165, 1.54) is 10.4 Å². The number of hydrogen-bond acceptors (Lipinski definition) is 3. The number of H-pyrrole nitrogens is 1. The van der Waals surface area contributed by atoms with Gasteiger partial charge in [-0.3, -0.25) is 4.79 Å². The molecule has 0 saturated carbocycles. The Kier molecular flexibility index (Phi) is 2.82. The number of nitrogens with one attached hydrogen (secondary N) is 1. The molecule has 0 radical (unpaired) electrons. The molecule has 5 heteroatoms. The van der Waals surface area contributed by atoms with E-state index in [2.05, 4.69) is 28.3 Å². The van der Waals surface area contributed by atoms with E-state index in [-0.39, 0.29) is 11.9 Å². The van der Waals surface area contributed by atoms with Gasteiger partial charge in [-0.2, -0.15) is 0 Å². The molecule has 0 saturated heterocycles. The molecule has 1 aliphatic rings. The summed E-state index contributed by atoms with van der Waals surface area (Å²) >= 11 is 1.79. The van der Waals surface area contributed by atoms with Crippen molar-refractivity contribution in [2.45, 2.75) is 19.4 Å². The summed E-state index contributed by atoms with van der Waals surface area (Å²) in [5, 5.41) is 2.12. The lowest BCUT2D eigenvalue weighted by atomic mass is 10.0. The van der Waals surface area contributed by atoms with Crippen LogP contribution in [0.4, 0.5) is 0 Å². The molecule has 21 heavy (non-hydrogen) atoms. The maximum atomic E-state index is 12.8. The van der Waals surface area contributed by atoms with Gasteiger partial charge in [0.2, 0.25) is 0 Å². The van der Waals surface area contributed by atoms with Crippen LogP contribution in [0.1, 0.15) is 33.8 Å². The van der Waals surface area contributed by atoms with Crippen LogP contribution < -0.4 is 0 Å². The second-order valence-corrected chi connectivity index (χ2v) is 6.36. The number of carbonyl (C=O) groups is 1. The molecular formula is C16H15N3OS. The van der Waals surface area contributed by atoms with Crippen LogP contribution in [0.2, 0.25) is 0 Å². The summed E-state index contributed by atoms with van der Waals surface area (Å²) in [6.45, 7) is 2.89. The van der Waals surface area contributed by atoms with Crippen molar-refractivity contribution >= 4 is 28.3 Å². The zero-order valence-corrected chi connectivity index (χ0v) is 12.5. The standard InChI is InChI=1S/C16H15N3OS/c1-10-12-5-7-21-15(12)4-6-19(10)16(20)11-2-3-13-14(8-11)18-9-17-13/h2-3,5,7-10H,4,6H2,1H3,(H,17,18). The zero-order valence-electron chi connectivity index (χ0n) is 11.7. The van der Waals surface area contributed by atoms with Crippen LogP contribution in [0.5, 0.6) is 0 Å². The lowest BCUT2D eigenvalue weighted by Gasteiger charge is -2.33. The molecule has 3 heterocycles. The number of hydrogen-bond donors (Lipinski definition) is 1. The number of aromatic amines is 1. The van der Waals surface area contributed by atoms with Crippen molar-refractivity contribution < 1.29 is 4.79 Å². The highest BCUT2D eigenvalue weighted by Gasteiger charge is 2.29. The monoisotopic (exact) mass is 297 g/mol. The summed E-state index contributed by atoms with van der Waals surface area (Å²) in [6.07, 6.45) is 2.61. The molecule has 3 aromatic rings. The lowest BCUT2D eigenvalue weighted by Crippen LogP contribution is -2.38. The summed E-state index contributed by atoms with van der Waals surface area (Å²) in [5.74, 6) is 0.0934. The van der Waals surface area contributed by atoms with E-state index in [0.717, 1.165) is 29.6 Å². The summed E-state index contributed by atoms with van der Waals surface area (Å²) in [4.78, 5) is 23.4. The van der Waals surface area contributed by atoms with Gasteiger partial charge in [0.1, 0.15) is 0 Å². The largest absolute Gasteiger partial charge is 0.345 e. The number of nitrogens with zero attached hydrogens (tertiary/aromatic N) is 2. The van der Waals surface area contributed by atoms with Gasteiger partial charge in [0, 0.05) is 17.0 Å². The molecule has 1 atom stereocenters. The molecule has 1 aromatic carbocycles. The molecule has 106 valence electrons. The van der Waals surface area contributed by atoms with E-state index < -0.39 is 0 Å². The minimum atomic E-state index is 0.0934. The van der Waals surface area contributed by atoms with Gasteiger partial charge >= 0.3 is 0 Å². The average molecular weight is 297 g/mol. The molecule has 1 aliphatic heterocycles. The molecule has 0 fully saturated rings. The first-order valence-corrected chi connectivity index (χ1v) is 7.92. The van der Waals surface area contributed by atoms with E-state index in [9.17, 15) is 4.79 Å². The highest BCUT2D eigenvalue weighted by molar-refractivity contribution is 7.10. The Morgan fingerprint density at radius 2 is 2.33 bits per heavy atom. The van der Waals surface area contributed by atoms with Crippen LogP contribution in [-0.2, 0) is 6.42 Å². The van der Waals surface area contributed by atoms with Crippen molar-refractivity contribution in [3.63, 3.8) is 0 Å². The minimum Gasteiger partial charge on any atom is -0.345 e. The Balaban J connectivity index is 1.68. The first-order chi connectivity index (χ1) is 10.2. The summed E-state index contributed by atoms with van der Waals surface area (Å²) in [7, 11) is 0. The lowest BCUT2D eigenvalue weighted by molar-refractivity contribution is 0.0679. The fraction of sp³-hybridized carbons (Fsp3) is 0.250. The van der Waals surface area contributed by atoms with Crippen molar-refractivity contribution in [2.75, 3.05) is 6.54 Å². The first-order valence-electron chi connectivity index (χ1n) is 7.04. The first kappa shape index (κ1) is 12.6. The Hall–Kier alpha value is -2.14. The molecule has 0 bridgehead atoms. The molecule has 0 aliphatic carbocycles. The minimum absolute atomic E-state index is 0.0934. The smallest absolute Gasteiger partial charge is 0.254 e. The number of aromatic nitrogens is 2.